The lowest BCUT2D eigenvalue weighted by atomic mass is 9.95. The smallest absolute Gasteiger partial charge is 0.336 e. The molecule has 3 rings (SSSR count). The first-order chi connectivity index (χ1) is 11.6. The SMILES string of the molecule is Cc1cccc(-c2ccc(CNc3ccccc3)cc2)c1C(=O)O. The molecule has 2 N–H and O–H groups in total. The minimum atomic E-state index is -0.891. The van der Waals surface area contributed by atoms with E-state index < -0.39 is 5.97 Å². The quantitative estimate of drug-likeness (QED) is 0.698. The summed E-state index contributed by atoms with van der Waals surface area (Å²) in [4.78, 5) is 11.5. The van der Waals surface area contributed by atoms with E-state index >= 15 is 0 Å². The standard InChI is InChI=1S/C21H19NO2/c1-15-6-5-9-19(20(15)21(23)24)17-12-10-16(11-13-17)14-22-18-7-3-2-4-8-18/h2-13,22H,14H2,1H3,(H,23,24). The number of anilines is 1. The Morgan fingerprint density at radius 3 is 2.29 bits per heavy atom. The van der Waals surface area contributed by atoms with Crippen molar-refractivity contribution in [1.82, 2.24) is 0 Å². The van der Waals surface area contributed by atoms with Crippen molar-refractivity contribution in [3.05, 3.63) is 89.5 Å². The molecule has 0 unspecified atom stereocenters. The van der Waals surface area contributed by atoms with Gasteiger partial charge in [0.1, 0.15) is 0 Å². The highest BCUT2D eigenvalue weighted by Gasteiger charge is 2.14. The number of rotatable bonds is 5. The fourth-order valence-electron chi connectivity index (χ4n) is 2.75. The minimum absolute atomic E-state index is 0.368. The summed E-state index contributed by atoms with van der Waals surface area (Å²) >= 11 is 0. The number of carboxylic acid groups (broad SMARTS) is 1. The maximum absolute atomic E-state index is 11.5. The molecule has 0 saturated heterocycles. The van der Waals surface area contributed by atoms with E-state index in [0.29, 0.717) is 5.56 Å². The second kappa shape index (κ2) is 7.01. The van der Waals surface area contributed by atoms with Crippen molar-refractivity contribution in [3.8, 4) is 11.1 Å². The van der Waals surface area contributed by atoms with Crippen LogP contribution in [0, 0.1) is 6.92 Å². The fraction of sp³-hybridized carbons (Fsp3) is 0.0952. The van der Waals surface area contributed by atoms with Crippen molar-refractivity contribution < 1.29 is 9.90 Å². The lowest BCUT2D eigenvalue weighted by Gasteiger charge is -2.11. The fourth-order valence-corrected chi connectivity index (χ4v) is 2.75. The number of hydrogen-bond donors (Lipinski definition) is 2. The van der Waals surface area contributed by atoms with Gasteiger partial charge in [-0.05, 0) is 41.3 Å². The van der Waals surface area contributed by atoms with Crippen LogP contribution >= 0.6 is 0 Å². The van der Waals surface area contributed by atoms with Crippen molar-refractivity contribution in [2.75, 3.05) is 5.32 Å². The first-order valence-corrected chi connectivity index (χ1v) is 7.86. The van der Waals surface area contributed by atoms with Gasteiger partial charge in [-0.25, -0.2) is 4.79 Å². The topological polar surface area (TPSA) is 49.3 Å². The number of aromatic carboxylic acids is 1. The highest BCUT2D eigenvalue weighted by molar-refractivity contribution is 5.97. The molecule has 0 atom stereocenters. The summed E-state index contributed by atoms with van der Waals surface area (Å²) in [7, 11) is 0. The molecule has 0 fully saturated rings. The molecule has 0 heterocycles. The Labute approximate surface area is 141 Å². The second-order valence-electron chi connectivity index (χ2n) is 5.72. The van der Waals surface area contributed by atoms with Crippen LogP contribution in [-0.4, -0.2) is 11.1 Å². The van der Waals surface area contributed by atoms with Gasteiger partial charge in [0.25, 0.3) is 0 Å². The molecule has 0 saturated carbocycles. The van der Waals surface area contributed by atoms with Crippen LogP contribution in [0.5, 0.6) is 0 Å². The Balaban J connectivity index is 1.80. The van der Waals surface area contributed by atoms with E-state index in [1.54, 1.807) is 0 Å². The van der Waals surface area contributed by atoms with E-state index in [-0.39, 0.29) is 0 Å². The molecule has 3 heteroatoms. The molecular formula is C21H19NO2. The highest BCUT2D eigenvalue weighted by Crippen LogP contribution is 2.26. The average Bonchev–Trinajstić information content (AvgIpc) is 2.61. The Bertz CT molecular complexity index is 839. The molecule has 3 aromatic carbocycles. The van der Waals surface area contributed by atoms with Gasteiger partial charge in [-0.1, -0.05) is 60.7 Å². The molecule has 0 spiro atoms. The van der Waals surface area contributed by atoms with Gasteiger partial charge >= 0.3 is 5.97 Å². The van der Waals surface area contributed by atoms with Gasteiger partial charge in [-0.15, -0.1) is 0 Å². The van der Waals surface area contributed by atoms with Crippen molar-refractivity contribution >= 4 is 11.7 Å². The molecule has 120 valence electrons. The molecule has 0 bridgehead atoms. The Kier molecular flexibility index (Phi) is 4.62. The van der Waals surface area contributed by atoms with Crippen LogP contribution < -0.4 is 5.32 Å². The van der Waals surface area contributed by atoms with Crippen LogP contribution in [0.1, 0.15) is 21.5 Å². The highest BCUT2D eigenvalue weighted by atomic mass is 16.4. The van der Waals surface area contributed by atoms with E-state index in [1.165, 1.54) is 0 Å². The van der Waals surface area contributed by atoms with E-state index in [2.05, 4.69) is 5.32 Å². The first-order valence-electron chi connectivity index (χ1n) is 7.86. The van der Waals surface area contributed by atoms with Crippen LogP contribution in [0.25, 0.3) is 11.1 Å². The van der Waals surface area contributed by atoms with Gasteiger partial charge in [0.2, 0.25) is 0 Å². The number of hydrogen-bond acceptors (Lipinski definition) is 2. The van der Waals surface area contributed by atoms with Crippen LogP contribution in [0.2, 0.25) is 0 Å². The van der Waals surface area contributed by atoms with Gasteiger partial charge in [0.15, 0.2) is 0 Å². The van der Waals surface area contributed by atoms with Crippen molar-refractivity contribution in [2.45, 2.75) is 13.5 Å². The molecule has 3 nitrogen and oxygen atoms in total. The third kappa shape index (κ3) is 3.46. The predicted octanol–water partition coefficient (Wildman–Crippen LogP) is 4.97. The number of carboxylic acids is 1. The molecule has 0 aliphatic rings. The molecular weight excluding hydrogens is 298 g/mol. The monoisotopic (exact) mass is 317 g/mol. The normalized spacial score (nSPS) is 10.4. The summed E-state index contributed by atoms with van der Waals surface area (Å²) in [5.41, 5.74) is 5.03. The molecule has 0 aromatic heterocycles. The first kappa shape index (κ1) is 15.8. The predicted molar refractivity (Wildman–Crippen MR) is 97.3 cm³/mol. The summed E-state index contributed by atoms with van der Waals surface area (Å²) in [6, 6.07) is 23.6. The zero-order valence-electron chi connectivity index (χ0n) is 13.5. The van der Waals surface area contributed by atoms with Crippen LogP contribution in [-0.2, 0) is 6.54 Å². The third-order valence-corrected chi connectivity index (χ3v) is 4.02. The molecule has 0 aliphatic carbocycles. The van der Waals surface area contributed by atoms with E-state index in [1.807, 2.05) is 79.7 Å². The van der Waals surface area contributed by atoms with Crippen LogP contribution in [0.3, 0.4) is 0 Å². The van der Waals surface area contributed by atoms with Gasteiger partial charge in [0.05, 0.1) is 5.56 Å². The summed E-state index contributed by atoms with van der Waals surface area (Å²) in [5.74, 6) is -0.891. The maximum Gasteiger partial charge on any atom is 0.336 e. The summed E-state index contributed by atoms with van der Waals surface area (Å²) in [6.45, 7) is 2.55. The van der Waals surface area contributed by atoms with Crippen molar-refractivity contribution in [3.63, 3.8) is 0 Å². The second-order valence-corrected chi connectivity index (χ2v) is 5.72. The molecule has 0 aliphatic heterocycles. The number of nitrogens with one attached hydrogen (secondary N) is 1. The number of carbonyl (C=O) groups is 1. The summed E-state index contributed by atoms with van der Waals surface area (Å²) < 4.78 is 0. The van der Waals surface area contributed by atoms with E-state index in [4.69, 9.17) is 0 Å². The Hall–Kier alpha value is -3.07. The Morgan fingerprint density at radius 2 is 1.62 bits per heavy atom. The van der Waals surface area contributed by atoms with Gasteiger partial charge in [-0.2, -0.15) is 0 Å². The Morgan fingerprint density at radius 1 is 0.917 bits per heavy atom. The lowest BCUT2D eigenvalue weighted by Crippen LogP contribution is -2.03. The van der Waals surface area contributed by atoms with Crippen molar-refractivity contribution in [2.24, 2.45) is 0 Å². The number of benzene rings is 3. The molecule has 24 heavy (non-hydrogen) atoms. The zero-order valence-corrected chi connectivity index (χ0v) is 13.5. The summed E-state index contributed by atoms with van der Waals surface area (Å²) in [5, 5.41) is 12.8. The van der Waals surface area contributed by atoms with Gasteiger partial charge in [-0.3, -0.25) is 0 Å². The van der Waals surface area contributed by atoms with Crippen molar-refractivity contribution in [1.29, 1.82) is 0 Å². The molecule has 0 radical (unpaired) electrons. The zero-order chi connectivity index (χ0) is 16.9. The van der Waals surface area contributed by atoms with Crippen LogP contribution in [0.4, 0.5) is 5.69 Å². The average molecular weight is 317 g/mol. The third-order valence-electron chi connectivity index (χ3n) is 4.02. The van der Waals surface area contributed by atoms with Crippen LogP contribution in [0.15, 0.2) is 72.8 Å². The van der Waals surface area contributed by atoms with Gasteiger partial charge in [0, 0.05) is 12.2 Å². The van der Waals surface area contributed by atoms with E-state index in [9.17, 15) is 9.90 Å². The molecule has 0 amide bonds. The lowest BCUT2D eigenvalue weighted by molar-refractivity contribution is 0.0697. The summed E-state index contributed by atoms with van der Waals surface area (Å²) in [6.07, 6.45) is 0. The largest absolute Gasteiger partial charge is 0.478 e. The minimum Gasteiger partial charge on any atom is -0.478 e. The van der Waals surface area contributed by atoms with Gasteiger partial charge < -0.3 is 10.4 Å². The number of aryl methyl sites for hydroxylation is 1. The number of para-hydroxylation sites is 1. The van der Waals surface area contributed by atoms with E-state index in [0.717, 1.165) is 34.5 Å². The molecule has 3 aromatic rings. The maximum atomic E-state index is 11.5.